The molecular formula is C15H26ClN3O. The number of anilines is 1. The van der Waals surface area contributed by atoms with Crippen LogP contribution in [0, 0.1) is 0 Å². The molecule has 5 heteroatoms. The molecule has 0 aliphatic rings. The number of halogens is 1. The maximum absolute atomic E-state index is 6.13. The van der Waals surface area contributed by atoms with Gasteiger partial charge in [0.2, 0.25) is 0 Å². The molecule has 0 aromatic heterocycles. The summed E-state index contributed by atoms with van der Waals surface area (Å²) in [6.07, 6.45) is 0. The first kappa shape index (κ1) is 17.2. The predicted molar refractivity (Wildman–Crippen MR) is 86.9 cm³/mol. The van der Waals surface area contributed by atoms with E-state index in [0.717, 1.165) is 37.8 Å². The lowest BCUT2D eigenvalue weighted by Gasteiger charge is -2.24. The topological polar surface area (TPSA) is 27.7 Å². The number of nitrogens with zero attached hydrogens (tertiary/aromatic N) is 2. The summed E-state index contributed by atoms with van der Waals surface area (Å²) in [5, 5.41) is 4.15. The lowest BCUT2D eigenvalue weighted by Crippen LogP contribution is -2.29. The Hall–Kier alpha value is -0.810. The smallest absolute Gasteiger partial charge is 0.0587 e. The zero-order valence-electron chi connectivity index (χ0n) is 12.9. The molecule has 1 aromatic rings. The molecule has 0 saturated carbocycles. The second-order valence-corrected chi connectivity index (χ2v) is 5.60. The summed E-state index contributed by atoms with van der Waals surface area (Å²) in [4.78, 5) is 4.43. The minimum atomic E-state index is 0.722. The highest BCUT2D eigenvalue weighted by Gasteiger charge is 2.08. The van der Waals surface area contributed by atoms with E-state index in [1.54, 1.807) is 7.11 Å². The lowest BCUT2D eigenvalue weighted by atomic mass is 10.1. The first-order chi connectivity index (χ1) is 9.54. The number of likely N-dealkylation sites (N-methyl/N-ethyl adjacent to an activating group) is 2. The van der Waals surface area contributed by atoms with Crippen LogP contribution in [0.2, 0.25) is 5.02 Å². The first-order valence-corrected chi connectivity index (χ1v) is 7.26. The summed E-state index contributed by atoms with van der Waals surface area (Å²) in [6.45, 7) is 4.37. The monoisotopic (exact) mass is 299 g/mol. The summed E-state index contributed by atoms with van der Waals surface area (Å²) in [7, 11) is 7.98. The molecule has 0 atom stereocenters. The van der Waals surface area contributed by atoms with Crippen LogP contribution in [0.4, 0.5) is 5.69 Å². The van der Waals surface area contributed by atoms with Crippen molar-refractivity contribution >= 4 is 17.3 Å². The van der Waals surface area contributed by atoms with E-state index in [4.69, 9.17) is 16.3 Å². The van der Waals surface area contributed by atoms with Crippen molar-refractivity contribution in [2.75, 3.05) is 59.4 Å². The Kier molecular flexibility index (Phi) is 7.92. The number of hydrogen-bond acceptors (Lipinski definition) is 4. The Morgan fingerprint density at radius 2 is 1.95 bits per heavy atom. The summed E-state index contributed by atoms with van der Waals surface area (Å²) in [6, 6.07) is 6.06. The third-order valence-corrected chi connectivity index (χ3v) is 3.37. The molecule has 0 fully saturated rings. The van der Waals surface area contributed by atoms with Crippen molar-refractivity contribution in [2.45, 2.75) is 6.54 Å². The molecule has 0 aliphatic carbocycles. The minimum absolute atomic E-state index is 0.722. The Labute approximate surface area is 127 Å². The van der Waals surface area contributed by atoms with Crippen molar-refractivity contribution in [3.63, 3.8) is 0 Å². The number of rotatable bonds is 9. The van der Waals surface area contributed by atoms with Gasteiger partial charge in [-0.2, -0.15) is 0 Å². The van der Waals surface area contributed by atoms with E-state index in [2.05, 4.69) is 42.3 Å². The van der Waals surface area contributed by atoms with Crippen LogP contribution < -0.4 is 10.2 Å². The van der Waals surface area contributed by atoms with Crippen molar-refractivity contribution in [3.05, 3.63) is 28.8 Å². The fourth-order valence-electron chi connectivity index (χ4n) is 1.91. The molecule has 4 nitrogen and oxygen atoms in total. The van der Waals surface area contributed by atoms with E-state index in [1.807, 2.05) is 12.1 Å². The van der Waals surface area contributed by atoms with E-state index in [-0.39, 0.29) is 0 Å². The first-order valence-electron chi connectivity index (χ1n) is 6.88. The molecule has 20 heavy (non-hydrogen) atoms. The SMILES string of the molecule is COCCNCc1ccc(Cl)cc1N(C)CCN(C)C. The average molecular weight is 300 g/mol. The molecule has 114 valence electrons. The summed E-state index contributed by atoms with van der Waals surface area (Å²) < 4.78 is 5.04. The third kappa shape index (κ3) is 6.09. The molecule has 0 bridgehead atoms. The molecule has 1 aromatic carbocycles. The zero-order chi connectivity index (χ0) is 15.0. The van der Waals surface area contributed by atoms with Crippen molar-refractivity contribution < 1.29 is 4.74 Å². The van der Waals surface area contributed by atoms with E-state index in [9.17, 15) is 0 Å². The fourth-order valence-corrected chi connectivity index (χ4v) is 2.08. The van der Waals surface area contributed by atoms with Gasteiger partial charge in [0.1, 0.15) is 0 Å². The highest BCUT2D eigenvalue weighted by Crippen LogP contribution is 2.24. The Bertz CT molecular complexity index is 399. The molecule has 0 unspecified atom stereocenters. The van der Waals surface area contributed by atoms with Crippen molar-refractivity contribution in [2.24, 2.45) is 0 Å². The second kappa shape index (κ2) is 9.19. The van der Waals surface area contributed by atoms with Crippen molar-refractivity contribution in [1.82, 2.24) is 10.2 Å². The summed E-state index contributed by atoms with van der Waals surface area (Å²) in [5.41, 5.74) is 2.44. The van der Waals surface area contributed by atoms with Gasteiger partial charge < -0.3 is 19.9 Å². The number of hydrogen-bond donors (Lipinski definition) is 1. The van der Waals surface area contributed by atoms with Gasteiger partial charge in [0.15, 0.2) is 0 Å². The Morgan fingerprint density at radius 3 is 2.60 bits per heavy atom. The minimum Gasteiger partial charge on any atom is -0.383 e. The zero-order valence-corrected chi connectivity index (χ0v) is 13.7. The number of benzene rings is 1. The largest absolute Gasteiger partial charge is 0.383 e. The molecule has 1 N–H and O–H groups in total. The second-order valence-electron chi connectivity index (χ2n) is 5.17. The van der Waals surface area contributed by atoms with Gasteiger partial charge in [-0.15, -0.1) is 0 Å². The van der Waals surface area contributed by atoms with Crippen LogP contribution >= 0.6 is 11.6 Å². The normalized spacial score (nSPS) is 11.1. The van der Waals surface area contributed by atoms with Gasteiger partial charge in [-0.1, -0.05) is 17.7 Å². The van der Waals surface area contributed by atoms with E-state index in [1.165, 1.54) is 11.3 Å². The van der Waals surface area contributed by atoms with Crippen LogP contribution in [0.5, 0.6) is 0 Å². The van der Waals surface area contributed by atoms with Crippen LogP contribution in [0.1, 0.15) is 5.56 Å². The summed E-state index contributed by atoms with van der Waals surface area (Å²) >= 11 is 6.13. The predicted octanol–water partition coefficient (Wildman–Crippen LogP) is 2.07. The molecular weight excluding hydrogens is 274 g/mol. The van der Waals surface area contributed by atoms with Gasteiger partial charge in [-0.3, -0.25) is 0 Å². The maximum Gasteiger partial charge on any atom is 0.0587 e. The fraction of sp³-hybridized carbons (Fsp3) is 0.600. The van der Waals surface area contributed by atoms with Crippen LogP contribution in [0.15, 0.2) is 18.2 Å². The van der Waals surface area contributed by atoms with Gasteiger partial charge in [0.25, 0.3) is 0 Å². The quantitative estimate of drug-likeness (QED) is 0.707. The van der Waals surface area contributed by atoms with Crippen LogP contribution in [0.25, 0.3) is 0 Å². The maximum atomic E-state index is 6.13. The Balaban J connectivity index is 2.68. The standard InChI is InChI=1S/C15H26ClN3O/c1-18(2)8-9-19(3)15-11-14(16)6-5-13(15)12-17-7-10-20-4/h5-6,11,17H,7-10,12H2,1-4H3. The third-order valence-electron chi connectivity index (χ3n) is 3.14. The van der Waals surface area contributed by atoms with E-state index in [0.29, 0.717) is 0 Å². The van der Waals surface area contributed by atoms with Crippen LogP contribution in [-0.4, -0.2) is 59.4 Å². The van der Waals surface area contributed by atoms with Gasteiger partial charge >= 0.3 is 0 Å². The number of methoxy groups -OCH3 is 1. The molecule has 0 amide bonds. The Morgan fingerprint density at radius 1 is 1.20 bits per heavy atom. The molecule has 0 saturated heterocycles. The number of nitrogens with one attached hydrogen (secondary N) is 1. The molecule has 0 radical (unpaired) electrons. The number of ether oxygens (including phenoxy) is 1. The lowest BCUT2D eigenvalue weighted by molar-refractivity contribution is 0.199. The molecule has 0 aliphatic heterocycles. The van der Waals surface area contributed by atoms with Crippen molar-refractivity contribution in [3.8, 4) is 0 Å². The van der Waals surface area contributed by atoms with Gasteiger partial charge in [-0.25, -0.2) is 0 Å². The van der Waals surface area contributed by atoms with Crippen LogP contribution in [0.3, 0.4) is 0 Å². The van der Waals surface area contributed by atoms with Gasteiger partial charge in [-0.05, 0) is 31.8 Å². The highest BCUT2D eigenvalue weighted by molar-refractivity contribution is 6.30. The van der Waals surface area contributed by atoms with Crippen molar-refractivity contribution in [1.29, 1.82) is 0 Å². The molecule has 1 rings (SSSR count). The van der Waals surface area contributed by atoms with Crippen LogP contribution in [-0.2, 0) is 11.3 Å². The molecule has 0 spiro atoms. The van der Waals surface area contributed by atoms with Gasteiger partial charge in [0, 0.05) is 51.0 Å². The van der Waals surface area contributed by atoms with E-state index < -0.39 is 0 Å². The average Bonchev–Trinajstić information content (AvgIpc) is 2.42. The molecule has 0 heterocycles. The highest BCUT2D eigenvalue weighted by atomic mass is 35.5. The van der Waals surface area contributed by atoms with E-state index >= 15 is 0 Å². The summed E-state index contributed by atoms with van der Waals surface area (Å²) in [5.74, 6) is 0. The van der Waals surface area contributed by atoms with Gasteiger partial charge in [0.05, 0.1) is 6.61 Å².